The maximum absolute atomic E-state index is 12.3. The minimum absolute atomic E-state index is 0.105. The van der Waals surface area contributed by atoms with Crippen LogP contribution in [0.2, 0.25) is 0 Å². The highest BCUT2D eigenvalue weighted by molar-refractivity contribution is 7.89. The molecule has 0 saturated heterocycles. The van der Waals surface area contributed by atoms with Gasteiger partial charge in [-0.05, 0) is 38.0 Å². The molecule has 0 aliphatic rings. The van der Waals surface area contributed by atoms with Gasteiger partial charge in [0, 0.05) is 0 Å². The molecule has 1 atom stereocenters. The summed E-state index contributed by atoms with van der Waals surface area (Å²) in [7, 11) is -2.89. The second-order valence-electron chi connectivity index (χ2n) is 4.60. The molecule has 1 rings (SSSR count). The zero-order chi connectivity index (χ0) is 16.4. The monoisotopic (exact) mass is 315 g/mol. The summed E-state index contributed by atoms with van der Waals surface area (Å²) in [4.78, 5) is 22.2. The highest BCUT2D eigenvalue weighted by Crippen LogP contribution is 2.21. The summed E-state index contributed by atoms with van der Waals surface area (Å²) in [6.07, 6.45) is 0. The number of benzene rings is 1. The number of nitrogens with one attached hydrogen (secondary N) is 1. The van der Waals surface area contributed by atoms with Gasteiger partial charge in [0.05, 0.1) is 17.6 Å². The lowest BCUT2D eigenvalue weighted by molar-refractivity contribution is -0.142. The molecule has 0 unspecified atom stereocenters. The normalized spacial score (nSPS) is 12.8. The fourth-order valence-corrected chi connectivity index (χ4v) is 3.32. The molecular formula is C13H17NO6S. The van der Waals surface area contributed by atoms with Gasteiger partial charge in [-0.25, -0.2) is 13.2 Å². The number of carboxylic acids is 1. The fourth-order valence-electron chi connectivity index (χ4n) is 1.87. The van der Waals surface area contributed by atoms with Crippen LogP contribution < -0.4 is 4.72 Å². The Hall–Kier alpha value is -1.93. The summed E-state index contributed by atoms with van der Waals surface area (Å²) in [6, 6.07) is 1.48. The Morgan fingerprint density at radius 2 is 1.81 bits per heavy atom. The topological polar surface area (TPSA) is 110 Å². The molecule has 21 heavy (non-hydrogen) atoms. The van der Waals surface area contributed by atoms with Crippen molar-refractivity contribution in [1.29, 1.82) is 0 Å². The van der Waals surface area contributed by atoms with Crippen LogP contribution in [-0.4, -0.2) is 38.6 Å². The van der Waals surface area contributed by atoms with Gasteiger partial charge in [0.25, 0.3) is 0 Å². The van der Waals surface area contributed by atoms with Crippen LogP contribution >= 0.6 is 0 Å². The lowest BCUT2D eigenvalue weighted by Gasteiger charge is -2.15. The zero-order valence-electron chi connectivity index (χ0n) is 12.1. The Morgan fingerprint density at radius 1 is 1.24 bits per heavy atom. The van der Waals surface area contributed by atoms with Crippen LogP contribution in [0.15, 0.2) is 17.0 Å². The largest absolute Gasteiger partial charge is 0.478 e. The van der Waals surface area contributed by atoms with Gasteiger partial charge in [-0.1, -0.05) is 6.07 Å². The average Bonchev–Trinajstić information content (AvgIpc) is 2.36. The van der Waals surface area contributed by atoms with Crippen molar-refractivity contribution in [2.24, 2.45) is 0 Å². The molecule has 0 heterocycles. The van der Waals surface area contributed by atoms with Crippen molar-refractivity contribution < 1.29 is 27.9 Å². The summed E-state index contributed by atoms with van der Waals surface area (Å²) >= 11 is 0. The van der Waals surface area contributed by atoms with Gasteiger partial charge in [0.2, 0.25) is 10.0 Å². The van der Waals surface area contributed by atoms with Gasteiger partial charge in [-0.2, -0.15) is 4.72 Å². The van der Waals surface area contributed by atoms with E-state index in [1.165, 1.54) is 13.0 Å². The third-order valence-corrected chi connectivity index (χ3v) is 4.61. The first-order chi connectivity index (χ1) is 9.60. The first-order valence-electron chi connectivity index (χ1n) is 6.05. The second-order valence-corrected chi connectivity index (χ2v) is 6.29. The van der Waals surface area contributed by atoms with E-state index in [9.17, 15) is 18.0 Å². The van der Waals surface area contributed by atoms with Gasteiger partial charge in [-0.3, -0.25) is 4.79 Å². The van der Waals surface area contributed by atoms with Crippen LogP contribution in [0.4, 0.5) is 0 Å². The number of aryl methyl sites for hydroxylation is 2. The van der Waals surface area contributed by atoms with Crippen molar-refractivity contribution in [2.75, 3.05) is 7.11 Å². The van der Waals surface area contributed by atoms with E-state index in [4.69, 9.17) is 5.11 Å². The van der Waals surface area contributed by atoms with Gasteiger partial charge in [0.15, 0.2) is 0 Å². The number of carboxylic acid groups (broad SMARTS) is 1. The zero-order valence-corrected chi connectivity index (χ0v) is 12.9. The number of methoxy groups -OCH3 is 1. The van der Waals surface area contributed by atoms with Crippen molar-refractivity contribution >= 4 is 22.0 Å². The number of carbonyl (C=O) groups is 2. The smallest absolute Gasteiger partial charge is 0.335 e. The number of hydrogen-bond donors (Lipinski definition) is 2. The third kappa shape index (κ3) is 3.79. The molecule has 0 bridgehead atoms. The van der Waals surface area contributed by atoms with Crippen LogP contribution in [0.25, 0.3) is 0 Å². The molecule has 0 saturated carbocycles. The molecule has 0 amide bonds. The predicted octanol–water partition coefficient (Wildman–Crippen LogP) is 0.841. The van der Waals surface area contributed by atoms with Gasteiger partial charge in [-0.15, -0.1) is 0 Å². The van der Waals surface area contributed by atoms with Crippen molar-refractivity contribution in [3.63, 3.8) is 0 Å². The van der Waals surface area contributed by atoms with E-state index in [1.807, 2.05) is 0 Å². The molecule has 2 N–H and O–H groups in total. The SMILES string of the molecule is COC(=O)[C@H](C)NS(=O)(=O)c1cc(C(=O)O)c(C)cc1C. The third-order valence-electron chi connectivity index (χ3n) is 2.93. The molecule has 0 spiro atoms. The summed E-state index contributed by atoms with van der Waals surface area (Å²) < 4.78 is 31.1. The molecule has 0 aliphatic heterocycles. The van der Waals surface area contributed by atoms with Gasteiger partial charge < -0.3 is 9.84 Å². The lowest BCUT2D eigenvalue weighted by Crippen LogP contribution is -2.39. The van der Waals surface area contributed by atoms with Crippen LogP contribution in [0.1, 0.15) is 28.4 Å². The van der Waals surface area contributed by atoms with E-state index in [0.29, 0.717) is 11.1 Å². The van der Waals surface area contributed by atoms with E-state index in [0.717, 1.165) is 13.2 Å². The quantitative estimate of drug-likeness (QED) is 0.779. The van der Waals surface area contributed by atoms with Crippen LogP contribution in [-0.2, 0) is 19.6 Å². The number of aromatic carboxylic acids is 1. The Labute approximate surface area is 123 Å². The molecule has 0 fully saturated rings. The standard InChI is InChI=1S/C13H17NO6S/c1-7-5-8(2)11(6-10(7)12(15)16)21(18,19)14-9(3)13(17)20-4/h5-6,9,14H,1-4H3,(H,15,16)/t9-/m0/s1. The summed E-state index contributed by atoms with van der Waals surface area (Å²) in [5.74, 6) is -1.95. The molecular weight excluding hydrogens is 298 g/mol. The molecule has 1 aromatic carbocycles. The first kappa shape index (κ1) is 17.1. The maximum atomic E-state index is 12.3. The number of hydrogen-bond acceptors (Lipinski definition) is 5. The minimum atomic E-state index is -4.03. The van der Waals surface area contributed by atoms with Crippen molar-refractivity contribution in [2.45, 2.75) is 31.7 Å². The number of sulfonamides is 1. The van der Waals surface area contributed by atoms with Crippen molar-refractivity contribution in [3.8, 4) is 0 Å². The van der Waals surface area contributed by atoms with E-state index >= 15 is 0 Å². The first-order valence-corrected chi connectivity index (χ1v) is 7.53. The Morgan fingerprint density at radius 3 is 2.29 bits per heavy atom. The second kappa shape index (κ2) is 6.23. The van der Waals surface area contributed by atoms with Crippen molar-refractivity contribution in [3.05, 3.63) is 28.8 Å². The Balaban J connectivity index is 3.29. The number of carbonyl (C=O) groups excluding carboxylic acids is 1. The van der Waals surface area contributed by atoms with Crippen LogP contribution in [0, 0.1) is 13.8 Å². The molecule has 0 aromatic heterocycles. The molecule has 7 nitrogen and oxygen atoms in total. The van der Waals surface area contributed by atoms with Gasteiger partial charge >= 0.3 is 11.9 Å². The Kier molecular flexibility index (Phi) is 5.08. The fraction of sp³-hybridized carbons (Fsp3) is 0.385. The van der Waals surface area contributed by atoms with E-state index in [2.05, 4.69) is 9.46 Å². The maximum Gasteiger partial charge on any atom is 0.335 e. The number of rotatable bonds is 5. The molecule has 8 heteroatoms. The molecule has 0 radical (unpaired) electrons. The average molecular weight is 315 g/mol. The molecule has 0 aliphatic carbocycles. The highest BCUT2D eigenvalue weighted by atomic mass is 32.2. The number of esters is 1. The minimum Gasteiger partial charge on any atom is -0.478 e. The molecule has 116 valence electrons. The van der Waals surface area contributed by atoms with Crippen LogP contribution in [0.5, 0.6) is 0 Å². The van der Waals surface area contributed by atoms with E-state index in [-0.39, 0.29) is 10.5 Å². The van der Waals surface area contributed by atoms with Crippen LogP contribution in [0.3, 0.4) is 0 Å². The van der Waals surface area contributed by atoms with Gasteiger partial charge in [0.1, 0.15) is 6.04 Å². The summed E-state index contributed by atoms with van der Waals surface area (Å²) in [5, 5.41) is 9.07. The van der Waals surface area contributed by atoms with Crippen molar-refractivity contribution in [1.82, 2.24) is 4.72 Å². The summed E-state index contributed by atoms with van der Waals surface area (Å²) in [6.45, 7) is 4.47. The predicted molar refractivity (Wildman–Crippen MR) is 74.7 cm³/mol. The Bertz CT molecular complexity index is 680. The van der Waals surface area contributed by atoms with E-state index < -0.39 is 28.0 Å². The number of ether oxygens (including phenoxy) is 1. The molecule has 1 aromatic rings. The lowest BCUT2D eigenvalue weighted by atomic mass is 10.1. The summed E-state index contributed by atoms with van der Waals surface area (Å²) in [5.41, 5.74) is 0.744. The highest BCUT2D eigenvalue weighted by Gasteiger charge is 2.25. The van der Waals surface area contributed by atoms with E-state index in [1.54, 1.807) is 13.8 Å².